The summed E-state index contributed by atoms with van der Waals surface area (Å²) in [4.78, 5) is 8.36. The number of carbonyl (C=O) groups is 1. The van der Waals surface area contributed by atoms with E-state index in [1.165, 1.54) is 0 Å². The summed E-state index contributed by atoms with van der Waals surface area (Å²) in [5, 5.41) is 14.1. The van der Waals surface area contributed by atoms with Crippen LogP contribution in [0.5, 0.6) is 0 Å². The van der Waals surface area contributed by atoms with Gasteiger partial charge in [0.1, 0.15) is 5.55 Å². The lowest BCUT2D eigenvalue weighted by Crippen LogP contribution is -1.49. The second kappa shape index (κ2) is 26.6. The molecule has 2 N–H and O–H groups in total. The Bertz CT molecular complexity index is 29.8. The summed E-state index contributed by atoms with van der Waals surface area (Å²) < 4.78 is 0. The molecule has 36 valence electrons. The van der Waals surface area contributed by atoms with Gasteiger partial charge in [0.05, 0.1) is 0 Å². The van der Waals surface area contributed by atoms with Crippen LogP contribution in [0.15, 0.2) is 0 Å². The van der Waals surface area contributed by atoms with Crippen molar-refractivity contribution in [2.75, 3.05) is 0 Å². The molecule has 0 aliphatic heterocycles. The molecule has 0 bridgehead atoms. The highest BCUT2D eigenvalue weighted by Crippen LogP contribution is 1.23. The van der Waals surface area contributed by atoms with Gasteiger partial charge in [-0.2, -0.15) is 0 Å². The van der Waals surface area contributed by atoms with Gasteiger partial charge in [-0.1, -0.05) is 0 Å². The van der Waals surface area contributed by atoms with Crippen LogP contribution in [0.3, 0.4) is 0 Å². The van der Waals surface area contributed by atoms with Crippen LogP contribution < -0.4 is 0 Å². The highest BCUT2D eigenvalue weighted by atomic mass is 32.1. The highest BCUT2D eigenvalue weighted by molar-refractivity contribution is 7.78. The molecule has 0 atom stereocenters. The summed E-state index contributed by atoms with van der Waals surface area (Å²) in [5.74, 6) is 0. The predicted molar refractivity (Wildman–Crippen MR) is 25.0 cm³/mol. The maximum atomic E-state index is 8.36. The summed E-state index contributed by atoms with van der Waals surface area (Å²) >= 11 is 3.82. The number of aliphatic hydroxyl groups is 1. The van der Waals surface area contributed by atoms with Crippen LogP contribution in [-0.2, 0) is 4.79 Å². The van der Waals surface area contributed by atoms with Crippen LogP contribution in [0.1, 0.15) is 0 Å². The van der Waals surface area contributed by atoms with Crippen molar-refractivity contribution in [2.45, 2.75) is 0 Å². The van der Waals surface area contributed by atoms with Gasteiger partial charge >= 0.3 is 0 Å². The largest absolute Gasteiger partial charge is 0.504 e. The van der Waals surface area contributed by atoms with E-state index >= 15 is 0 Å². The van der Waals surface area contributed by atoms with Gasteiger partial charge in [0, 0.05) is 0 Å². The zero-order valence-corrected chi connectivity index (χ0v) is 3.68. The highest BCUT2D eigenvalue weighted by Gasteiger charge is 1.22. The van der Waals surface area contributed by atoms with E-state index in [9.17, 15) is 0 Å². The molecule has 0 heterocycles. The minimum Gasteiger partial charge on any atom is -0.504 e. The molecule has 0 saturated carbocycles. The molecule has 0 spiro atoms. The van der Waals surface area contributed by atoms with Gasteiger partial charge in [-0.25, -0.2) is 0 Å². The van der Waals surface area contributed by atoms with E-state index < -0.39 is 0 Å². The molecule has 0 rings (SSSR count). The zero-order chi connectivity index (χ0) is 5.41. The fraction of sp³-hybridized carbons (Fsp3) is 0. The number of hydrogen-bond acceptors (Lipinski definition) is 2. The van der Waals surface area contributed by atoms with Gasteiger partial charge in [0.25, 0.3) is 6.47 Å². The van der Waals surface area contributed by atoms with Crippen molar-refractivity contribution < 1.29 is 15.0 Å². The molecular weight excluding hydrogens is 104 g/mol. The Balaban J connectivity index is 0. The first-order valence-electron chi connectivity index (χ1n) is 0.988. The first kappa shape index (κ1) is 9.03. The van der Waals surface area contributed by atoms with E-state index in [-0.39, 0.29) is 6.47 Å². The molecule has 4 heteroatoms. The molecule has 6 heavy (non-hydrogen) atoms. The van der Waals surface area contributed by atoms with E-state index in [2.05, 4.69) is 12.2 Å². The van der Waals surface area contributed by atoms with Crippen molar-refractivity contribution in [3.8, 4) is 0 Å². The maximum absolute atomic E-state index is 8.36. The predicted octanol–water partition coefficient (Wildman–Crippen LogP) is 0.202. The average Bonchev–Trinajstić information content (AvgIpc) is 1.39. The minimum absolute atomic E-state index is 0.250. The summed E-state index contributed by atoms with van der Waals surface area (Å²) in [6, 6.07) is 0. The van der Waals surface area contributed by atoms with Gasteiger partial charge in [0.2, 0.25) is 0 Å². The Labute approximate surface area is 40.2 Å². The van der Waals surface area contributed by atoms with E-state index in [1.807, 2.05) is 0 Å². The Hall–Kier alpha value is -0.640. The summed E-state index contributed by atoms with van der Waals surface area (Å²) in [5.41, 5.74) is 0.583. The van der Waals surface area contributed by atoms with E-state index in [1.54, 1.807) is 0 Å². The van der Waals surface area contributed by atoms with Crippen molar-refractivity contribution >= 4 is 24.2 Å². The second-order valence-electron chi connectivity index (χ2n) is 0.211. The number of carboxylic acid groups (broad SMARTS) is 1. The molecule has 0 radical (unpaired) electrons. The molecule has 0 amide bonds. The minimum atomic E-state index is -0.250. The molecule has 0 aliphatic rings. The SMILES string of the molecule is O=CO.OC=S. The molecule has 3 nitrogen and oxygen atoms in total. The Morgan fingerprint density at radius 1 is 1.50 bits per heavy atom. The first-order chi connectivity index (χ1) is 2.83. The average molecular weight is 108 g/mol. The quantitative estimate of drug-likeness (QED) is 0.344. The molecular formula is C2H4O3S. The van der Waals surface area contributed by atoms with Crippen LogP contribution in [0, 0.1) is 0 Å². The summed E-state index contributed by atoms with van der Waals surface area (Å²) in [7, 11) is 0. The van der Waals surface area contributed by atoms with Crippen molar-refractivity contribution in [2.24, 2.45) is 0 Å². The van der Waals surface area contributed by atoms with E-state index in [0.29, 0.717) is 5.55 Å². The van der Waals surface area contributed by atoms with Crippen molar-refractivity contribution in [3.63, 3.8) is 0 Å². The normalized spacial score (nSPS) is 4.00. The molecule has 0 aromatic heterocycles. The molecule has 0 aromatic rings. The van der Waals surface area contributed by atoms with Crippen LogP contribution in [0.2, 0.25) is 0 Å². The van der Waals surface area contributed by atoms with Crippen molar-refractivity contribution in [1.82, 2.24) is 0 Å². The molecule has 0 saturated heterocycles. The fourth-order valence-electron chi connectivity index (χ4n) is 0. The van der Waals surface area contributed by atoms with Crippen LogP contribution in [0.4, 0.5) is 0 Å². The van der Waals surface area contributed by atoms with Crippen LogP contribution >= 0.6 is 12.2 Å². The monoisotopic (exact) mass is 108 g/mol. The van der Waals surface area contributed by atoms with Gasteiger partial charge in [-0.3, -0.25) is 4.79 Å². The standard InChI is InChI=1S/CH2O2.CH2OS/c2*2-1-3/h2*1H,(H,2,3). The molecule has 0 fully saturated rings. The maximum Gasteiger partial charge on any atom is 0.290 e. The van der Waals surface area contributed by atoms with Gasteiger partial charge in [0.15, 0.2) is 0 Å². The molecule has 0 unspecified atom stereocenters. The second-order valence-corrected chi connectivity index (χ2v) is 0.422. The number of thiocarbonyl (C=S) groups is 1. The number of rotatable bonds is 0. The molecule has 0 aliphatic carbocycles. The van der Waals surface area contributed by atoms with Gasteiger partial charge in [-0.15, -0.1) is 0 Å². The topological polar surface area (TPSA) is 57.5 Å². The lowest BCUT2D eigenvalue weighted by molar-refractivity contribution is -0.122. The van der Waals surface area contributed by atoms with Crippen molar-refractivity contribution in [1.29, 1.82) is 0 Å². The van der Waals surface area contributed by atoms with Crippen LogP contribution in [-0.4, -0.2) is 22.2 Å². The zero-order valence-electron chi connectivity index (χ0n) is 2.87. The lowest BCUT2D eigenvalue weighted by Gasteiger charge is -1.38. The van der Waals surface area contributed by atoms with Gasteiger partial charge in [-0.05, 0) is 12.2 Å². The first-order valence-corrected chi connectivity index (χ1v) is 1.46. The van der Waals surface area contributed by atoms with Crippen LogP contribution in [0.25, 0.3) is 0 Å². The Morgan fingerprint density at radius 2 is 1.50 bits per heavy atom. The van der Waals surface area contributed by atoms with E-state index in [4.69, 9.17) is 15.0 Å². The Morgan fingerprint density at radius 3 is 1.50 bits per heavy atom. The van der Waals surface area contributed by atoms with Gasteiger partial charge < -0.3 is 10.2 Å². The smallest absolute Gasteiger partial charge is 0.290 e. The van der Waals surface area contributed by atoms with E-state index in [0.717, 1.165) is 0 Å². The molecule has 0 aromatic carbocycles. The number of hydrogen-bond donors (Lipinski definition) is 2. The number of aliphatic hydroxyl groups excluding tert-OH is 1. The third-order valence-corrected chi connectivity index (χ3v) is 0. The Kier molecular flexibility index (Phi) is 40.0. The summed E-state index contributed by atoms with van der Waals surface area (Å²) in [6.45, 7) is -0.250. The van der Waals surface area contributed by atoms with Crippen molar-refractivity contribution in [3.05, 3.63) is 0 Å². The third kappa shape index (κ3) is 45.7. The summed E-state index contributed by atoms with van der Waals surface area (Å²) in [6.07, 6.45) is 0. The third-order valence-electron chi connectivity index (χ3n) is 0. The fourth-order valence-corrected chi connectivity index (χ4v) is 0. The lowest BCUT2D eigenvalue weighted by atomic mass is 11.7.